The largest absolute Gasteiger partial charge is 0.496 e. The van der Waals surface area contributed by atoms with E-state index in [1.54, 1.807) is 18.4 Å². The number of para-hydroxylation sites is 1. The monoisotopic (exact) mass is 247 g/mol. The summed E-state index contributed by atoms with van der Waals surface area (Å²) in [5.74, 6) is 0.942. The minimum absolute atomic E-state index is 0.283. The second-order valence-corrected chi connectivity index (χ2v) is 4.76. The third kappa shape index (κ3) is 3.08. The maximum absolute atomic E-state index is 5.37. The SMILES string of the molecule is COc1ccccc1[C@H](C)NCc1ccsc1. The summed E-state index contributed by atoms with van der Waals surface area (Å²) in [4.78, 5) is 0. The summed E-state index contributed by atoms with van der Waals surface area (Å²) in [6.45, 7) is 3.05. The van der Waals surface area contributed by atoms with Crippen LogP contribution in [0.2, 0.25) is 0 Å². The molecule has 0 aliphatic carbocycles. The lowest BCUT2D eigenvalue weighted by atomic mass is 10.1. The van der Waals surface area contributed by atoms with Gasteiger partial charge in [-0.1, -0.05) is 18.2 Å². The molecule has 0 spiro atoms. The van der Waals surface area contributed by atoms with Crippen molar-refractivity contribution in [2.45, 2.75) is 19.5 Å². The molecule has 0 saturated carbocycles. The van der Waals surface area contributed by atoms with E-state index in [1.807, 2.05) is 18.2 Å². The number of benzene rings is 1. The Morgan fingerprint density at radius 3 is 2.82 bits per heavy atom. The fourth-order valence-electron chi connectivity index (χ4n) is 1.80. The van der Waals surface area contributed by atoms with Gasteiger partial charge < -0.3 is 10.1 Å². The van der Waals surface area contributed by atoms with Gasteiger partial charge in [0, 0.05) is 18.2 Å². The molecule has 0 saturated heterocycles. The number of hydrogen-bond donors (Lipinski definition) is 1. The van der Waals surface area contributed by atoms with Crippen LogP contribution in [0.5, 0.6) is 5.75 Å². The number of ether oxygens (including phenoxy) is 1. The van der Waals surface area contributed by atoms with E-state index in [-0.39, 0.29) is 6.04 Å². The Kier molecular flexibility index (Phi) is 4.18. The Labute approximate surface area is 106 Å². The zero-order chi connectivity index (χ0) is 12.1. The van der Waals surface area contributed by atoms with Crippen LogP contribution in [0.1, 0.15) is 24.1 Å². The van der Waals surface area contributed by atoms with Crippen LogP contribution in [0.25, 0.3) is 0 Å². The van der Waals surface area contributed by atoms with Crippen molar-refractivity contribution in [2.24, 2.45) is 0 Å². The van der Waals surface area contributed by atoms with Crippen molar-refractivity contribution >= 4 is 11.3 Å². The van der Waals surface area contributed by atoms with Crippen LogP contribution in [0.15, 0.2) is 41.1 Å². The first kappa shape index (κ1) is 12.1. The molecular formula is C14H17NOS. The van der Waals surface area contributed by atoms with E-state index in [4.69, 9.17) is 4.74 Å². The molecule has 0 fully saturated rings. The summed E-state index contributed by atoms with van der Waals surface area (Å²) in [6, 6.07) is 10.6. The van der Waals surface area contributed by atoms with Crippen LogP contribution in [0, 0.1) is 0 Å². The summed E-state index contributed by atoms with van der Waals surface area (Å²) < 4.78 is 5.37. The molecular weight excluding hydrogens is 230 g/mol. The summed E-state index contributed by atoms with van der Waals surface area (Å²) in [5, 5.41) is 7.77. The summed E-state index contributed by atoms with van der Waals surface area (Å²) >= 11 is 1.73. The average Bonchev–Trinajstić information content (AvgIpc) is 2.89. The van der Waals surface area contributed by atoms with E-state index in [0.717, 1.165) is 12.3 Å². The minimum Gasteiger partial charge on any atom is -0.496 e. The maximum Gasteiger partial charge on any atom is 0.123 e. The van der Waals surface area contributed by atoms with Gasteiger partial charge in [0.15, 0.2) is 0 Å². The standard InChI is InChI=1S/C14H17NOS/c1-11(15-9-12-7-8-17-10-12)13-5-3-4-6-14(13)16-2/h3-8,10-11,15H,9H2,1-2H3/t11-/m0/s1. The van der Waals surface area contributed by atoms with Gasteiger partial charge >= 0.3 is 0 Å². The van der Waals surface area contributed by atoms with Gasteiger partial charge in [0.25, 0.3) is 0 Å². The van der Waals surface area contributed by atoms with E-state index in [2.05, 4.69) is 35.1 Å². The highest BCUT2D eigenvalue weighted by Crippen LogP contribution is 2.24. The first-order valence-corrected chi connectivity index (χ1v) is 6.63. The fourth-order valence-corrected chi connectivity index (χ4v) is 2.47. The van der Waals surface area contributed by atoms with Gasteiger partial charge in [0.1, 0.15) is 5.75 Å². The molecule has 1 heterocycles. The zero-order valence-electron chi connectivity index (χ0n) is 10.1. The third-order valence-electron chi connectivity index (χ3n) is 2.80. The second kappa shape index (κ2) is 5.84. The molecule has 1 aromatic carbocycles. The molecule has 2 nitrogen and oxygen atoms in total. The Bertz CT molecular complexity index is 453. The van der Waals surface area contributed by atoms with Crippen molar-refractivity contribution in [2.75, 3.05) is 7.11 Å². The van der Waals surface area contributed by atoms with E-state index >= 15 is 0 Å². The lowest BCUT2D eigenvalue weighted by Gasteiger charge is -2.16. The van der Waals surface area contributed by atoms with Crippen LogP contribution >= 0.6 is 11.3 Å². The lowest BCUT2D eigenvalue weighted by Crippen LogP contribution is -2.18. The number of rotatable bonds is 5. The van der Waals surface area contributed by atoms with Crippen LogP contribution in [0.3, 0.4) is 0 Å². The molecule has 0 amide bonds. The van der Waals surface area contributed by atoms with E-state index in [1.165, 1.54) is 11.1 Å². The summed E-state index contributed by atoms with van der Waals surface area (Å²) in [6.07, 6.45) is 0. The molecule has 2 rings (SSSR count). The van der Waals surface area contributed by atoms with Gasteiger partial charge in [0.05, 0.1) is 7.11 Å². The van der Waals surface area contributed by atoms with E-state index < -0.39 is 0 Å². The highest BCUT2D eigenvalue weighted by atomic mass is 32.1. The Morgan fingerprint density at radius 1 is 1.29 bits per heavy atom. The number of methoxy groups -OCH3 is 1. The van der Waals surface area contributed by atoms with Crippen LogP contribution < -0.4 is 10.1 Å². The molecule has 0 radical (unpaired) electrons. The Hall–Kier alpha value is -1.32. The van der Waals surface area contributed by atoms with Crippen molar-refractivity contribution in [1.29, 1.82) is 0 Å². The summed E-state index contributed by atoms with van der Waals surface area (Å²) in [5.41, 5.74) is 2.53. The molecule has 17 heavy (non-hydrogen) atoms. The second-order valence-electron chi connectivity index (χ2n) is 3.98. The average molecular weight is 247 g/mol. The summed E-state index contributed by atoms with van der Waals surface area (Å²) in [7, 11) is 1.71. The molecule has 2 aromatic rings. The molecule has 1 aromatic heterocycles. The lowest BCUT2D eigenvalue weighted by molar-refractivity contribution is 0.401. The van der Waals surface area contributed by atoms with E-state index in [0.29, 0.717) is 0 Å². The van der Waals surface area contributed by atoms with Crippen LogP contribution in [-0.4, -0.2) is 7.11 Å². The first-order chi connectivity index (χ1) is 8.31. The van der Waals surface area contributed by atoms with Gasteiger partial charge in [-0.05, 0) is 35.4 Å². The minimum atomic E-state index is 0.283. The number of hydrogen-bond acceptors (Lipinski definition) is 3. The maximum atomic E-state index is 5.37. The third-order valence-corrected chi connectivity index (χ3v) is 3.53. The van der Waals surface area contributed by atoms with Crippen molar-refractivity contribution in [3.63, 3.8) is 0 Å². The highest BCUT2D eigenvalue weighted by Gasteiger charge is 2.09. The molecule has 3 heteroatoms. The number of thiophene rings is 1. The number of nitrogens with one attached hydrogen (secondary N) is 1. The Balaban J connectivity index is 2.01. The first-order valence-electron chi connectivity index (χ1n) is 5.68. The van der Waals surface area contributed by atoms with Crippen molar-refractivity contribution < 1.29 is 4.74 Å². The zero-order valence-corrected chi connectivity index (χ0v) is 11.0. The topological polar surface area (TPSA) is 21.3 Å². The smallest absolute Gasteiger partial charge is 0.123 e. The fraction of sp³-hybridized carbons (Fsp3) is 0.286. The molecule has 1 atom stereocenters. The van der Waals surface area contributed by atoms with Crippen molar-refractivity contribution in [3.8, 4) is 5.75 Å². The van der Waals surface area contributed by atoms with E-state index in [9.17, 15) is 0 Å². The van der Waals surface area contributed by atoms with Gasteiger partial charge in [-0.25, -0.2) is 0 Å². The van der Waals surface area contributed by atoms with Crippen LogP contribution in [-0.2, 0) is 6.54 Å². The molecule has 0 aliphatic rings. The molecule has 0 aliphatic heterocycles. The van der Waals surface area contributed by atoms with Gasteiger partial charge in [0.2, 0.25) is 0 Å². The van der Waals surface area contributed by atoms with Gasteiger partial charge in [-0.15, -0.1) is 0 Å². The predicted molar refractivity (Wildman–Crippen MR) is 72.6 cm³/mol. The van der Waals surface area contributed by atoms with Crippen LogP contribution in [0.4, 0.5) is 0 Å². The molecule has 0 bridgehead atoms. The van der Waals surface area contributed by atoms with Gasteiger partial charge in [-0.3, -0.25) is 0 Å². The quantitative estimate of drug-likeness (QED) is 0.871. The Morgan fingerprint density at radius 2 is 2.12 bits per heavy atom. The molecule has 1 N–H and O–H groups in total. The van der Waals surface area contributed by atoms with Crippen molar-refractivity contribution in [1.82, 2.24) is 5.32 Å². The van der Waals surface area contributed by atoms with Crippen molar-refractivity contribution in [3.05, 3.63) is 52.2 Å². The van der Waals surface area contributed by atoms with Gasteiger partial charge in [-0.2, -0.15) is 11.3 Å². The highest BCUT2D eigenvalue weighted by molar-refractivity contribution is 7.07. The normalized spacial score (nSPS) is 12.4. The predicted octanol–water partition coefficient (Wildman–Crippen LogP) is 3.61. The molecule has 0 unspecified atom stereocenters. The molecule has 90 valence electrons.